The van der Waals surface area contributed by atoms with E-state index in [4.69, 9.17) is 15.8 Å². The quantitative estimate of drug-likeness (QED) is 0.240. The van der Waals surface area contributed by atoms with Crippen molar-refractivity contribution < 1.29 is 19.9 Å². The van der Waals surface area contributed by atoms with Crippen LogP contribution in [0.15, 0.2) is 42.7 Å². The van der Waals surface area contributed by atoms with E-state index in [-0.39, 0.29) is 24.3 Å². The summed E-state index contributed by atoms with van der Waals surface area (Å²) in [5.74, 6) is -0.383. The van der Waals surface area contributed by atoms with E-state index in [0.29, 0.717) is 24.8 Å². The molecule has 0 amide bonds. The van der Waals surface area contributed by atoms with Gasteiger partial charge in [-0.3, -0.25) is 4.79 Å². The molecule has 0 aliphatic carbocycles. The van der Waals surface area contributed by atoms with Crippen LogP contribution in [0.3, 0.4) is 0 Å². The SMILES string of the molecule is C=C(O)C(N)(CCCCB(O)O)CC(=O)c1ccccc1. The fourth-order valence-corrected chi connectivity index (χ4v) is 2.11. The predicted octanol–water partition coefficient (Wildman–Crippen LogP) is 1.67. The molecule has 0 fully saturated rings. The Morgan fingerprint density at radius 3 is 2.38 bits per heavy atom. The lowest BCUT2D eigenvalue weighted by atomic mass is 9.80. The lowest BCUT2D eigenvalue weighted by Crippen LogP contribution is -2.43. The number of carbonyl (C=O) groups is 1. The Morgan fingerprint density at radius 1 is 1.24 bits per heavy atom. The lowest BCUT2D eigenvalue weighted by molar-refractivity contribution is 0.0941. The Morgan fingerprint density at radius 2 is 1.86 bits per heavy atom. The molecule has 114 valence electrons. The Labute approximate surface area is 125 Å². The first-order valence-corrected chi connectivity index (χ1v) is 6.97. The number of aliphatic hydroxyl groups is 1. The van der Waals surface area contributed by atoms with Gasteiger partial charge in [0.15, 0.2) is 5.78 Å². The second-order valence-corrected chi connectivity index (χ2v) is 5.30. The summed E-state index contributed by atoms with van der Waals surface area (Å²) >= 11 is 0. The molecule has 0 radical (unpaired) electrons. The number of rotatable bonds is 9. The summed E-state index contributed by atoms with van der Waals surface area (Å²) in [4.78, 5) is 12.2. The molecule has 0 saturated carbocycles. The molecule has 1 rings (SSSR count). The second kappa shape index (κ2) is 7.97. The molecule has 0 aliphatic heterocycles. The Balaban J connectivity index is 2.63. The van der Waals surface area contributed by atoms with E-state index in [2.05, 4.69) is 6.58 Å². The van der Waals surface area contributed by atoms with Gasteiger partial charge in [-0.25, -0.2) is 0 Å². The van der Waals surface area contributed by atoms with Gasteiger partial charge in [-0.15, -0.1) is 0 Å². The highest BCUT2D eigenvalue weighted by atomic mass is 16.4. The van der Waals surface area contributed by atoms with Crippen molar-refractivity contribution in [1.82, 2.24) is 0 Å². The first kappa shape index (κ1) is 17.4. The highest BCUT2D eigenvalue weighted by Gasteiger charge is 2.31. The average Bonchev–Trinajstić information content (AvgIpc) is 2.44. The third-order valence-corrected chi connectivity index (χ3v) is 3.48. The largest absolute Gasteiger partial charge is 0.511 e. The number of carbonyl (C=O) groups excluding carboxylic acids is 1. The molecule has 1 aromatic carbocycles. The van der Waals surface area contributed by atoms with Gasteiger partial charge in [0.25, 0.3) is 0 Å². The molecule has 0 saturated heterocycles. The van der Waals surface area contributed by atoms with E-state index in [1.165, 1.54) is 0 Å². The first-order chi connectivity index (χ1) is 9.85. The average molecular weight is 291 g/mol. The number of hydrogen-bond donors (Lipinski definition) is 4. The smallest absolute Gasteiger partial charge is 0.451 e. The lowest BCUT2D eigenvalue weighted by Gasteiger charge is -2.27. The fourth-order valence-electron chi connectivity index (χ4n) is 2.11. The van der Waals surface area contributed by atoms with Crippen molar-refractivity contribution >= 4 is 12.9 Å². The normalized spacial score (nSPS) is 13.5. The number of hydrogen-bond acceptors (Lipinski definition) is 5. The fraction of sp³-hybridized carbons (Fsp3) is 0.400. The molecule has 0 aliphatic rings. The van der Waals surface area contributed by atoms with Crippen molar-refractivity contribution in [3.05, 3.63) is 48.2 Å². The van der Waals surface area contributed by atoms with Gasteiger partial charge in [0.05, 0.1) is 5.54 Å². The van der Waals surface area contributed by atoms with Gasteiger partial charge in [-0.05, 0) is 12.7 Å². The molecule has 21 heavy (non-hydrogen) atoms. The monoisotopic (exact) mass is 291 g/mol. The summed E-state index contributed by atoms with van der Waals surface area (Å²) in [7, 11) is -1.35. The number of benzene rings is 1. The third kappa shape index (κ3) is 5.71. The molecule has 1 unspecified atom stereocenters. The molecule has 6 heteroatoms. The van der Waals surface area contributed by atoms with Crippen molar-refractivity contribution in [2.24, 2.45) is 5.73 Å². The van der Waals surface area contributed by atoms with Crippen molar-refractivity contribution in [1.29, 1.82) is 0 Å². The standard InChI is InChI=1S/C15H22BNO4/c1-12(18)15(17,9-5-6-10-16(20)21)11-14(19)13-7-3-2-4-8-13/h2-4,7-8,18,20-21H,1,5-6,9-11,17H2. The predicted molar refractivity (Wildman–Crippen MR) is 82.9 cm³/mol. The topological polar surface area (TPSA) is 104 Å². The van der Waals surface area contributed by atoms with Gasteiger partial charge in [0.1, 0.15) is 5.76 Å². The van der Waals surface area contributed by atoms with Gasteiger partial charge >= 0.3 is 7.12 Å². The number of aliphatic hydroxyl groups excluding tert-OH is 1. The van der Waals surface area contributed by atoms with Crippen molar-refractivity contribution in [2.45, 2.75) is 37.5 Å². The van der Waals surface area contributed by atoms with Crippen LogP contribution in [0, 0.1) is 0 Å². The molecule has 0 heterocycles. The molecule has 0 spiro atoms. The van der Waals surface area contributed by atoms with Crippen LogP contribution in [0.4, 0.5) is 0 Å². The molecular weight excluding hydrogens is 269 g/mol. The zero-order chi connectivity index (χ0) is 15.9. The highest BCUT2D eigenvalue weighted by Crippen LogP contribution is 2.24. The summed E-state index contributed by atoms with van der Waals surface area (Å²) in [6.07, 6.45) is 1.67. The van der Waals surface area contributed by atoms with E-state index in [0.717, 1.165) is 0 Å². The van der Waals surface area contributed by atoms with Crippen LogP contribution < -0.4 is 5.73 Å². The number of Topliss-reactive ketones (excluding diaryl/α,β-unsaturated/α-hetero) is 1. The van der Waals surface area contributed by atoms with Gasteiger partial charge < -0.3 is 20.9 Å². The molecular formula is C15H22BNO4. The maximum absolute atomic E-state index is 12.2. The molecule has 1 atom stereocenters. The van der Waals surface area contributed by atoms with Crippen molar-refractivity contribution in [3.8, 4) is 0 Å². The van der Waals surface area contributed by atoms with Crippen molar-refractivity contribution in [2.75, 3.05) is 0 Å². The van der Waals surface area contributed by atoms with Crippen molar-refractivity contribution in [3.63, 3.8) is 0 Å². The van der Waals surface area contributed by atoms with Gasteiger partial charge in [0, 0.05) is 12.0 Å². The second-order valence-electron chi connectivity index (χ2n) is 5.30. The van der Waals surface area contributed by atoms with Crippen LogP contribution in [0.1, 0.15) is 36.0 Å². The van der Waals surface area contributed by atoms with Crippen LogP contribution in [-0.2, 0) is 0 Å². The molecule has 1 aromatic rings. The maximum atomic E-state index is 12.2. The maximum Gasteiger partial charge on any atom is 0.451 e. The van der Waals surface area contributed by atoms with Crippen LogP contribution >= 0.6 is 0 Å². The van der Waals surface area contributed by atoms with E-state index in [1.54, 1.807) is 24.3 Å². The minimum Gasteiger partial charge on any atom is -0.511 e. The summed E-state index contributed by atoms with van der Waals surface area (Å²) in [5, 5.41) is 27.3. The summed E-state index contributed by atoms with van der Waals surface area (Å²) < 4.78 is 0. The number of unbranched alkanes of at least 4 members (excludes halogenated alkanes) is 1. The van der Waals surface area contributed by atoms with Gasteiger partial charge in [-0.2, -0.15) is 0 Å². The highest BCUT2D eigenvalue weighted by molar-refractivity contribution is 6.40. The molecule has 0 aromatic heterocycles. The summed E-state index contributed by atoms with van der Waals surface area (Å²) in [6, 6.07) is 8.75. The Kier molecular flexibility index (Phi) is 6.62. The minimum atomic E-state index is -1.35. The van der Waals surface area contributed by atoms with Gasteiger partial charge in [0.2, 0.25) is 0 Å². The van der Waals surface area contributed by atoms with Crippen LogP contribution in [-0.4, -0.2) is 33.6 Å². The van der Waals surface area contributed by atoms with E-state index in [9.17, 15) is 9.90 Å². The zero-order valence-electron chi connectivity index (χ0n) is 12.0. The van der Waals surface area contributed by atoms with E-state index in [1.807, 2.05) is 6.07 Å². The molecule has 5 N–H and O–H groups in total. The summed E-state index contributed by atoms with van der Waals surface area (Å²) in [5.41, 5.74) is 5.45. The zero-order valence-corrected chi connectivity index (χ0v) is 12.0. The number of ketones is 1. The minimum absolute atomic E-state index is 0.0337. The van der Waals surface area contributed by atoms with E-state index < -0.39 is 12.7 Å². The summed E-state index contributed by atoms with van der Waals surface area (Å²) in [6.45, 7) is 3.47. The Bertz CT molecular complexity index is 478. The van der Waals surface area contributed by atoms with Gasteiger partial charge in [-0.1, -0.05) is 49.8 Å². The van der Waals surface area contributed by atoms with Crippen LogP contribution in [0.2, 0.25) is 6.32 Å². The van der Waals surface area contributed by atoms with E-state index >= 15 is 0 Å². The Hall–Kier alpha value is -1.63. The van der Waals surface area contributed by atoms with Crippen LogP contribution in [0.5, 0.6) is 0 Å². The molecule has 5 nitrogen and oxygen atoms in total. The molecule has 0 bridgehead atoms. The third-order valence-electron chi connectivity index (χ3n) is 3.48. The number of nitrogens with two attached hydrogens (primary N) is 1. The van der Waals surface area contributed by atoms with Crippen LogP contribution in [0.25, 0.3) is 0 Å². The first-order valence-electron chi connectivity index (χ1n) is 6.97.